The van der Waals surface area contributed by atoms with Gasteiger partial charge < -0.3 is 15.7 Å². The number of benzene rings is 1. The standard InChI is InChI=1S/C16H23FN2O2S/c1-10(2)13(6-8-20)18-16(21)19-14-7-9-22-15-11(14)4-3-5-12(15)17/h3-5,10,13-14,20H,6-9H2,1-2H3,(H2,18,19,21). The van der Waals surface area contributed by atoms with Crippen molar-refractivity contribution in [1.29, 1.82) is 0 Å². The second-order valence-corrected chi connectivity index (χ2v) is 6.93. The second kappa shape index (κ2) is 7.83. The molecule has 2 rings (SSSR count). The topological polar surface area (TPSA) is 61.4 Å². The van der Waals surface area contributed by atoms with Gasteiger partial charge in [-0.05, 0) is 30.4 Å². The zero-order valence-corrected chi connectivity index (χ0v) is 13.8. The van der Waals surface area contributed by atoms with Crippen LogP contribution in [0.3, 0.4) is 0 Å². The summed E-state index contributed by atoms with van der Waals surface area (Å²) in [5.41, 5.74) is 0.842. The molecule has 0 aromatic heterocycles. The lowest BCUT2D eigenvalue weighted by molar-refractivity contribution is 0.215. The third-order valence-electron chi connectivity index (χ3n) is 3.89. The minimum atomic E-state index is -0.265. The lowest BCUT2D eigenvalue weighted by Crippen LogP contribution is -2.46. The highest BCUT2D eigenvalue weighted by Crippen LogP contribution is 2.37. The van der Waals surface area contributed by atoms with E-state index in [4.69, 9.17) is 5.11 Å². The molecule has 0 saturated heterocycles. The SMILES string of the molecule is CC(C)C(CCO)NC(=O)NC1CCSc2c(F)cccc21. The summed E-state index contributed by atoms with van der Waals surface area (Å²) in [6, 6.07) is 4.48. The highest BCUT2D eigenvalue weighted by Gasteiger charge is 2.25. The van der Waals surface area contributed by atoms with Crippen LogP contribution in [0.4, 0.5) is 9.18 Å². The van der Waals surface area contributed by atoms with Crippen LogP contribution in [0.15, 0.2) is 23.1 Å². The summed E-state index contributed by atoms with van der Waals surface area (Å²) in [5.74, 6) is 0.794. The molecule has 1 aromatic carbocycles. The van der Waals surface area contributed by atoms with E-state index in [1.807, 2.05) is 19.9 Å². The zero-order chi connectivity index (χ0) is 16.1. The number of aliphatic hydroxyl groups is 1. The maximum atomic E-state index is 13.8. The van der Waals surface area contributed by atoms with E-state index < -0.39 is 0 Å². The van der Waals surface area contributed by atoms with Gasteiger partial charge in [0.2, 0.25) is 0 Å². The van der Waals surface area contributed by atoms with E-state index in [-0.39, 0.29) is 36.5 Å². The van der Waals surface area contributed by atoms with Gasteiger partial charge in [0.1, 0.15) is 5.82 Å². The molecule has 2 atom stereocenters. The lowest BCUT2D eigenvalue weighted by Gasteiger charge is -2.28. The molecule has 2 amide bonds. The monoisotopic (exact) mass is 326 g/mol. The Morgan fingerprint density at radius 2 is 2.27 bits per heavy atom. The van der Waals surface area contributed by atoms with Gasteiger partial charge >= 0.3 is 6.03 Å². The number of aliphatic hydroxyl groups excluding tert-OH is 1. The summed E-state index contributed by atoms with van der Waals surface area (Å²) in [6.45, 7) is 4.04. The van der Waals surface area contributed by atoms with Crippen LogP contribution in [0, 0.1) is 11.7 Å². The molecule has 0 spiro atoms. The second-order valence-electron chi connectivity index (χ2n) is 5.83. The molecule has 122 valence electrons. The summed E-state index contributed by atoms with van der Waals surface area (Å²) in [6.07, 6.45) is 1.30. The van der Waals surface area contributed by atoms with Crippen molar-refractivity contribution >= 4 is 17.8 Å². The average Bonchev–Trinajstić information content (AvgIpc) is 2.48. The van der Waals surface area contributed by atoms with Crippen LogP contribution in [0.2, 0.25) is 0 Å². The van der Waals surface area contributed by atoms with Crippen LogP contribution in [-0.4, -0.2) is 29.5 Å². The fourth-order valence-corrected chi connectivity index (χ4v) is 3.76. The molecule has 0 bridgehead atoms. The predicted molar refractivity (Wildman–Crippen MR) is 86.5 cm³/mol. The van der Waals surface area contributed by atoms with Gasteiger partial charge in [-0.3, -0.25) is 0 Å². The van der Waals surface area contributed by atoms with Gasteiger partial charge in [0.15, 0.2) is 0 Å². The van der Waals surface area contributed by atoms with Crippen LogP contribution in [-0.2, 0) is 0 Å². The summed E-state index contributed by atoms with van der Waals surface area (Å²) < 4.78 is 13.8. The number of nitrogens with one attached hydrogen (secondary N) is 2. The molecule has 2 unspecified atom stereocenters. The maximum absolute atomic E-state index is 13.8. The molecule has 1 aromatic rings. The van der Waals surface area contributed by atoms with Gasteiger partial charge in [0.05, 0.1) is 6.04 Å². The first kappa shape index (κ1) is 17.1. The molecule has 1 heterocycles. The molecule has 22 heavy (non-hydrogen) atoms. The molecule has 3 N–H and O–H groups in total. The van der Waals surface area contributed by atoms with Gasteiger partial charge in [-0.1, -0.05) is 26.0 Å². The smallest absolute Gasteiger partial charge is 0.315 e. The fraction of sp³-hybridized carbons (Fsp3) is 0.562. The van der Waals surface area contributed by atoms with Gasteiger partial charge in [-0.25, -0.2) is 9.18 Å². The maximum Gasteiger partial charge on any atom is 0.315 e. The van der Waals surface area contributed by atoms with Crippen LogP contribution in [0.25, 0.3) is 0 Å². The average molecular weight is 326 g/mol. The van der Waals surface area contributed by atoms with Crippen LogP contribution < -0.4 is 10.6 Å². The van der Waals surface area contributed by atoms with Crippen molar-refractivity contribution in [3.8, 4) is 0 Å². The van der Waals surface area contributed by atoms with Gasteiger partial charge in [-0.2, -0.15) is 0 Å². The Morgan fingerprint density at radius 1 is 1.50 bits per heavy atom. The molecule has 4 nitrogen and oxygen atoms in total. The number of hydrogen-bond donors (Lipinski definition) is 3. The van der Waals surface area contributed by atoms with Gasteiger partial charge in [0, 0.05) is 23.3 Å². The molecule has 0 aliphatic carbocycles. The van der Waals surface area contributed by atoms with Crippen LogP contribution in [0.1, 0.15) is 38.3 Å². The van der Waals surface area contributed by atoms with E-state index in [0.717, 1.165) is 17.7 Å². The largest absolute Gasteiger partial charge is 0.396 e. The van der Waals surface area contributed by atoms with Crippen LogP contribution >= 0.6 is 11.8 Å². The Kier molecular flexibility index (Phi) is 6.08. The van der Waals surface area contributed by atoms with Crippen molar-refractivity contribution < 1.29 is 14.3 Å². The molecule has 1 aliphatic rings. The quantitative estimate of drug-likeness (QED) is 0.779. The van der Waals surface area contributed by atoms with E-state index in [2.05, 4.69) is 10.6 Å². The van der Waals surface area contributed by atoms with E-state index in [0.29, 0.717) is 11.3 Å². The van der Waals surface area contributed by atoms with E-state index in [1.165, 1.54) is 17.8 Å². The Bertz CT molecular complexity index is 525. The number of thioether (sulfide) groups is 1. The number of amides is 2. The Balaban J connectivity index is 2.03. The number of hydrogen-bond acceptors (Lipinski definition) is 3. The highest BCUT2D eigenvalue weighted by atomic mass is 32.2. The number of fused-ring (bicyclic) bond motifs is 1. The van der Waals surface area contributed by atoms with E-state index >= 15 is 0 Å². The number of carbonyl (C=O) groups excluding carboxylic acids is 1. The van der Waals surface area contributed by atoms with Crippen LogP contribution in [0.5, 0.6) is 0 Å². The minimum absolute atomic E-state index is 0.0389. The third kappa shape index (κ3) is 4.14. The van der Waals surface area contributed by atoms with Gasteiger partial charge in [0.25, 0.3) is 0 Å². The first-order chi connectivity index (χ1) is 10.5. The molecule has 0 radical (unpaired) electrons. The van der Waals surface area contributed by atoms with Crippen molar-refractivity contribution in [1.82, 2.24) is 10.6 Å². The zero-order valence-electron chi connectivity index (χ0n) is 12.9. The first-order valence-corrected chi connectivity index (χ1v) is 8.60. The molecular weight excluding hydrogens is 303 g/mol. The Labute approximate surface area is 134 Å². The Hall–Kier alpha value is -1.27. The first-order valence-electron chi connectivity index (χ1n) is 7.62. The number of rotatable bonds is 5. The van der Waals surface area contributed by atoms with Crippen molar-refractivity contribution in [3.05, 3.63) is 29.6 Å². The summed E-state index contributed by atoms with van der Waals surface area (Å²) in [4.78, 5) is 12.8. The highest BCUT2D eigenvalue weighted by molar-refractivity contribution is 7.99. The van der Waals surface area contributed by atoms with E-state index in [9.17, 15) is 9.18 Å². The molecule has 6 heteroatoms. The third-order valence-corrected chi connectivity index (χ3v) is 5.05. The molecular formula is C16H23FN2O2S. The van der Waals surface area contributed by atoms with Crippen molar-refractivity contribution in [2.45, 2.75) is 43.7 Å². The number of carbonyl (C=O) groups is 1. The van der Waals surface area contributed by atoms with Gasteiger partial charge in [-0.15, -0.1) is 11.8 Å². The van der Waals surface area contributed by atoms with Crippen molar-refractivity contribution in [2.24, 2.45) is 5.92 Å². The molecule has 0 saturated carbocycles. The Morgan fingerprint density at radius 3 is 2.95 bits per heavy atom. The van der Waals surface area contributed by atoms with E-state index in [1.54, 1.807) is 6.07 Å². The minimum Gasteiger partial charge on any atom is -0.396 e. The predicted octanol–water partition coefficient (Wildman–Crippen LogP) is 3.07. The number of urea groups is 1. The lowest BCUT2D eigenvalue weighted by atomic mass is 10.0. The fourth-order valence-electron chi connectivity index (χ4n) is 2.62. The normalized spacial score (nSPS) is 18.7. The van der Waals surface area contributed by atoms with Crippen molar-refractivity contribution in [3.63, 3.8) is 0 Å². The van der Waals surface area contributed by atoms with Crippen molar-refractivity contribution in [2.75, 3.05) is 12.4 Å². The molecule has 0 fully saturated rings. The molecule has 1 aliphatic heterocycles. The summed E-state index contributed by atoms with van der Waals surface area (Å²) in [5, 5.41) is 14.9. The number of halogens is 1. The summed E-state index contributed by atoms with van der Waals surface area (Å²) in [7, 11) is 0. The summed E-state index contributed by atoms with van der Waals surface area (Å²) >= 11 is 1.49.